The summed E-state index contributed by atoms with van der Waals surface area (Å²) >= 11 is 3.80. The molecule has 1 heterocycles. The Hall–Kier alpha value is -3.17. The first kappa shape index (κ1) is 25.9. The van der Waals surface area contributed by atoms with E-state index in [1.54, 1.807) is 0 Å². The van der Waals surface area contributed by atoms with Crippen molar-refractivity contribution < 1.29 is 39.3 Å². The first-order chi connectivity index (χ1) is 14.6. The van der Waals surface area contributed by atoms with Crippen molar-refractivity contribution >= 4 is 42.3 Å². The van der Waals surface area contributed by atoms with Crippen LogP contribution >= 0.6 is 12.6 Å². The van der Waals surface area contributed by atoms with Crippen LogP contribution in [0.4, 0.5) is 0 Å². The molecule has 0 saturated carbocycles. The van der Waals surface area contributed by atoms with Gasteiger partial charge in [-0.05, 0) is 0 Å². The molecule has 3 amide bonds. The van der Waals surface area contributed by atoms with E-state index in [-0.39, 0.29) is 12.2 Å². The van der Waals surface area contributed by atoms with Crippen LogP contribution < -0.4 is 21.7 Å². The first-order valence-corrected chi connectivity index (χ1v) is 9.52. The maximum absolute atomic E-state index is 12.7. The van der Waals surface area contributed by atoms with Gasteiger partial charge in [0.05, 0.1) is 19.4 Å². The van der Waals surface area contributed by atoms with Gasteiger partial charge < -0.3 is 42.0 Å². The number of nitrogens with zero attached hydrogens (tertiary/aromatic N) is 1. The molecule has 9 N–H and O–H groups in total. The Morgan fingerprint density at radius 3 is 2.10 bits per heavy atom. The number of carbonyl (C=O) groups is 5. The number of nitrogens with one attached hydrogen (secondary N) is 4. The number of hydrogen-bond donors (Lipinski definition) is 9. The molecule has 0 aliphatic carbocycles. The number of rotatable bonds is 13. The van der Waals surface area contributed by atoms with Crippen molar-refractivity contribution in [1.29, 1.82) is 0 Å². The van der Waals surface area contributed by atoms with E-state index >= 15 is 0 Å². The Labute approximate surface area is 181 Å². The van der Waals surface area contributed by atoms with Crippen molar-refractivity contribution in [2.75, 3.05) is 12.4 Å². The van der Waals surface area contributed by atoms with Crippen LogP contribution in [0.2, 0.25) is 0 Å². The summed E-state index contributed by atoms with van der Waals surface area (Å²) in [5, 5.41) is 33.7. The SMILES string of the molecule is NC(CO)C(=O)NC(Cc1cnc[nH]1)C(=O)NC(CC(=O)O)C(=O)NC(CS)C(=O)O. The fourth-order valence-corrected chi connectivity index (χ4v) is 2.55. The second kappa shape index (κ2) is 12.5. The van der Waals surface area contributed by atoms with E-state index < -0.39 is 66.9 Å². The molecule has 0 saturated heterocycles. The quantitative estimate of drug-likeness (QED) is 0.130. The van der Waals surface area contributed by atoms with Gasteiger partial charge in [0.1, 0.15) is 24.2 Å². The average molecular weight is 460 g/mol. The monoisotopic (exact) mass is 460 g/mol. The van der Waals surface area contributed by atoms with E-state index in [4.69, 9.17) is 21.1 Å². The van der Waals surface area contributed by atoms with Crippen LogP contribution in [-0.4, -0.2) is 91.5 Å². The number of carboxylic acids is 2. The van der Waals surface area contributed by atoms with Crippen molar-refractivity contribution in [3.8, 4) is 0 Å². The van der Waals surface area contributed by atoms with Gasteiger partial charge in [-0.2, -0.15) is 12.6 Å². The van der Waals surface area contributed by atoms with Crippen LogP contribution in [0.5, 0.6) is 0 Å². The zero-order valence-electron chi connectivity index (χ0n) is 16.1. The average Bonchev–Trinajstić information content (AvgIpc) is 3.22. The number of hydrogen-bond acceptors (Lipinski definition) is 9. The minimum atomic E-state index is -1.64. The standard InChI is InChI=1S/C16H24N6O8S/c17-8(4-23)13(26)20-9(1-7-3-18-6-19-7)14(27)21-10(2-12(24)25)15(28)22-11(5-31)16(29)30/h3,6,8-11,23,31H,1-2,4-5,17H2,(H,18,19)(H,20,26)(H,21,27)(H,22,28)(H,24,25)(H,29,30). The van der Waals surface area contributed by atoms with Gasteiger partial charge in [0.15, 0.2) is 0 Å². The second-order valence-electron chi connectivity index (χ2n) is 6.37. The highest BCUT2D eigenvalue weighted by atomic mass is 32.1. The summed E-state index contributed by atoms with van der Waals surface area (Å²) in [6.07, 6.45) is 1.74. The number of aromatic amines is 1. The first-order valence-electron chi connectivity index (χ1n) is 8.89. The Morgan fingerprint density at radius 2 is 1.61 bits per heavy atom. The number of H-pyrrole nitrogens is 1. The number of aromatic nitrogens is 2. The number of carbonyl (C=O) groups excluding carboxylic acids is 3. The number of carboxylic acid groups (broad SMARTS) is 2. The summed E-state index contributed by atoms with van der Waals surface area (Å²) in [6, 6.07) is -5.68. The molecule has 172 valence electrons. The van der Waals surface area contributed by atoms with E-state index in [0.717, 1.165) is 0 Å². The Balaban J connectivity index is 3.01. The van der Waals surface area contributed by atoms with E-state index in [0.29, 0.717) is 5.69 Å². The van der Waals surface area contributed by atoms with Gasteiger partial charge in [0.25, 0.3) is 0 Å². The molecule has 0 bridgehead atoms. The van der Waals surface area contributed by atoms with Gasteiger partial charge >= 0.3 is 11.9 Å². The van der Waals surface area contributed by atoms with Crippen molar-refractivity contribution in [3.05, 3.63) is 18.2 Å². The third kappa shape index (κ3) is 8.61. The predicted octanol–water partition coefficient (Wildman–Crippen LogP) is -3.78. The van der Waals surface area contributed by atoms with E-state index in [9.17, 15) is 24.0 Å². The predicted molar refractivity (Wildman–Crippen MR) is 107 cm³/mol. The molecule has 0 aromatic carbocycles. The van der Waals surface area contributed by atoms with E-state index in [2.05, 4.69) is 38.5 Å². The Bertz CT molecular complexity index is 789. The second-order valence-corrected chi connectivity index (χ2v) is 6.74. The maximum Gasteiger partial charge on any atom is 0.327 e. The maximum atomic E-state index is 12.7. The topological polar surface area (TPSA) is 237 Å². The van der Waals surface area contributed by atoms with Crippen LogP contribution in [-0.2, 0) is 30.4 Å². The number of nitrogens with two attached hydrogens (primary N) is 1. The highest BCUT2D eigenvalue weighted by Crippen LogP contribution is 2.03. The number of amides is 3. The molecule has 4 unspecified atom stereocenters. The van der Waals surface area contributed by atoms with E-state index in [1.807, 2.05) is 0 Å². The molecule has 31 heavy (non-hydrogen) atoms. The summed E-state index contributed by atoms with van der Waals surface area (Å²) in [5.41, 5.74) is 5.86. The van der Waals surface area contributed by atoms with Crippen LogP contribution in [0.1, 0.15) is 12.1 Å². The van der Waals surface area contributed by atoms with Gasteiger partial charge in [-0.15, -0.1) is 0 Å². The van der Waals surface area contributed by atoms with E-state index in [1.165, 1.54) is 12.5 Å². The third-order valence-corrected chi connectivity index (χ3v) is 4.32. The molecule has 1 aromatic rings. The Morgan fingerprint density at radius 1 is 1.03 bits per heavy atom. The molecule has 4 atom stereocenters. The Kier molecular flexibility index (Phi) is 10.4. The summed E-state index contributed by atoms with van der Waals surface area (Å²) in [5.74, 6) is -5.96. The van der Waals surface area contributed by atoms with Crippen molar-refractivity contribution in [1.82, 2.24) is 25.9 Å². The lowest BCUT2D eigenvalue weighted by atomic mass is 10.1. The van der Waals surface area contributed by atoms with Gasteiger partial charge in [-0.3, -0.25) is 19.2 Å². The highest BCUT2D eigenvalue weighted by molar-refractivity contribution is 7.80. The molecular formula is C16H24N6O8S. The van der Waals surface area contributed by atoms with Crippen molar-refractivity contribution in [2.45, 2.75) is 37.0 Å². The summed E-state index contributed by atoms with van der Waals surface area (Å²) in [7, 11) is 0. The van der Waals surface area contributed by atoms with Gasteiger partial charge in [-0.25, -0.2) is 9.78 Å². The lowest BCUT2D eigenvalue weighted by Crippen LogP contribution is -2.58. The molecule has 1 aromatic heterocycles. The van der Waals surface area contributed by atoms with Crippen molar-refractivity contribution in [2.24, 2.45) is 5.73 Å². The normalized spacial score (nSPS) is 14.5. The van der Waals surface area contributed by atoms with Gasteiger partial charge in [0, 0.05) is 24.1 Å². The molecule has 0 radical (unpaired) electrons. The minimum absolute atomic E-state index is 0.120. The van der Waals surface area contributed by atoms with Crippen LogP contribution in [0, 0.1) is 0 Å². The zero-order valence-corrected chi connectivity index (χ0v) is 17.0. The summed E-state index contributed by atoms with van der Waals surface area (Å²) in [6.45, 7) is -0.686. The van der Waals surface area contributed by atoms with Crippen molar-refractivity contribution in [3.63, 3.8) is 0 Å². The molecule has 0 spiro atoms. The number of aliphatic hydroxyl groups is 1. The van der Waals surface area contributed by atoms with Gasteiger partial charge in [0.2, 0.25) is 17.7 Å². The highest BCUT2D eigenvalue weighted by Gasteiger charge is 2.31. The lowest BCUT2D eigenvalue weighted by molar-refractivity contribution is -0.143. The molecule has 1 rings (SSSR count). The largest absolute Gasteiger partial charge is 0.481 e. The lowest BCUT2D eigenvalue weighted by Gasteiger charge is -2.24. The zero-order chi connectivity index (χ0) is 23.6. The summed E-state index contributed by atoms with van der Waals surface area (Å²) < 4.78 is 0. The number of aliphatic carboxylic acids is 2. The molecular weight excluding hydrogens is 436 g/mol. The fraction of sp³-hybridized carbons (Fsp3) is 0.500. The van der Waals surface area contributed by atoms with Crippen LogP contribution in [0.15, 0.2) is 12.5 Å². The molecule has 0 aliphatic rings. The number of imidazole rings is 1. The smallest absolute Gasteiger partial charge is 0.327 e. The molecule has 0 aliphatic heterocycles. The third-order valence-electron chi connectivity index (χ3n) is 3.95. The van der Waals surface area contributed by atoms with Gasteiger partial charge in [-0.1, -0.05) is 0 Å². The molecule has 15 heteroatoms. The van der Waals surface area contributed by atoms with Crippen LogP contribution in [0.3, 0.4) is 0 Å². The number of aliphatic hydroxyl groups excluding tert-OH is 1. The molecule has 0 fully saturated rings. The minimum Gasteiger partial charge on any atom is -0.481 e. The van der Waals surface area contributed by atoms with Crippen LogP contribution in [0.25, 0.3) is 0 Å². The summed E-state index contributed by atoms with van der Waals surface area (Å²) in [4.78, 5) is 65.8. The number of thiol groups is 1. The fourth-order valence-electron chi connectivity index (χ4n) is 2.30. The molecule has 14 nitrogen and oxygen atoms in total.